The van der Waals surface area contributed by atoms with E-state index in [2.05, 4.69) is 32.1 Å². The number of hydrogen-bond donors (Lipinski definition) is 3. The first-order chi connectivity index (χ1) is 8.97. The Bertz CT molecular complexity index is 543. The fourth-order valence-electron chi connectivity index (χ4n) is 1.72. The lowest BCUT2D eigenvalue weighted by atomic mass is 10.1. The van der Waals surface area contributed by atoms with E-state index in [1.807, 2.05) is 13.0 Å². The zero-order chi connectivity index (χ0) is 14.0. The van der Waals surface area contributed by atoms with Crippen LogP contribution in [0.1, 0.15) is 12.0 Å². The zero-order valence-corrected chi connectivity index (χ0v) is 11.7. The second-order valence-corrected chi connectivity index (χ2v) is 5.10. The lowest BCUT2D eigenvalue weighted by Crippen LogP contribution is -2.28. The highest BCUT2D eigenvalue weighted by molar-refractivity contribution is 9.10. The van der Waals surface area contributed by atoms with Crippen LogP contribution in [0.3, 0.4) is 0 Å². The quantitative estimate of drug-likeness (QED) is 0.720. The van der Waals surface area contributed by atoms with Gasteiger partial charge in [0.05, 0.1) is 0 Å². The lowest BCUT2D eigenvalue weighted by molar-refractivity contribution is -0.131. The Hall–Kier alpha value is -1.89. The van der Waals surface area contributed by atoms with Crippen molar-refractivity contribution < 1.29 is 14.4 Å². The molecule has 0 radical (unpaired) electrons. The molecule has 0 saturated carbocycles. The van der Waals surface area contributed by atoms with Crippen LogP contribution in [0.5, 0.6) is 0 Å². The van der Waals surface area contributed by atoms with Gasteiger partial charge in [0.1, 0.15) is 5.92 Å². The van der Waals surface area contributed by atoms with E-state index in [0.29, 0.717) is 5.69 Å². The third-order valence-corrected chi connectivity index (χ3v) is 3.66. The van der Waals surface area contributed by atoms with Crippen LogP contribution >= 0.6 is 15.9 Å². The maximum absolute atomic E-state index is 11.8. The molecule has 1 heterocycles. The van der Waals surface area contributed by atoms with Gasteiger partial charge in [0, 0.05) is 16.6 Å². The number of nitrogens with one attached hydrogen (secondary N) is 3. The van der Waals surface area contributed by atoms with Gasteiger partial charge in [0.2, 0.25) is 5.91 Å². The number of hydrazine groups is 1. The van der Waals surface area contributed by atoms with Crippen LogP contribution in [0, 0.1) is 12.8 Å². The number of anilines is 1. The van der Waals surface area contributed by atoms with Crippen LogP contribution in [0.4, 0.5) is 5.69 Å². The van der Waals surface area contributed by atoms with Crippen LogP contribution in [0.2, 0.25) is 0 Å². The molecule has 0 unspecified atom stereocenters. The zero-order valence-electron chi connectivity index (χ0n) is 10.1. The minimum atomic E-state index is -0.962. The molecular weight excluding hydrogens is 314 g/mol. The number of carbonyl (C=O) groups excluding carboxylic acids is 3. The van der Waals surface area contributed by atoms with Gasteiger partial charge in [-0.15, -0.1) is 0 Å². The summed E-state index contributed by atoms with van der Waals surface area (Å²) < 4.78 is 0.944. The molecule has 1 aromatic rings. The largest absolute Gasteiger partial charge is 0.326 e. The Morgan fingerprint density at radius 2 is 1.95 bits per heavy atom. The fourth-order valence-corrected chi connectivity index (χ4v) is 1.97. The molecule has 3 amide bonds. The van der Waals surface area contributed by atoms with Crippen LogP contribution < -0.4 is 16.2 Å². The van der Waals surface area contributed by atoms with Crippen molar-refractivity contribution in [2.75, 3.05) is 5.32 Å². The van der Waals surface area contributed by atoms with Crippen LogP contribution in [0.25, 0.3) is 0 Å². The van der Waals surface area contributed by atoms with Gasteiger partial charge >= 0.3 is 0 Å². The van der Waals surface area contributed by atoms with Crippen molar-refractivity contribution in [3.8, 4) is 0 Å². The molecule has 7 heteroatoms. The number of halogens is 1. The molecule has 1 aliphatic heterocycles. The highest BCUT2D eigenvalue weighted by Crippen LogP contribution is 2.20. The predicted molar refractivity (Wildman–Crippen MR) is 71.9 cm³/mol. The average molecular weight is 326 g/mol. The molecule has 0 atom stereocenters. The Morgan fingerprint density at radius 1 is 1.32 bits per heavy atom. The van der Waals surface area contributed by atoms with Crippen molar-refractivity contribution in [2.45, 2.75) is 13.3 Å². The molecule has 1 fully saturated rings. The molecule has 0 spiro atoms. The van der Waals surface area contributed by atoms with Crippen molar-refractivity contribution in [3.63, 3.8) is 0 Å². The van der Waals surface area contributed by atoms with E-state index >= 15 is 0 Å². The van der Waals surface area contributed by atoms with Gasteiger partial charge in [-0.1, -0.05) is 15.9 Å². The molecule has 2 rings (SSSR count). The van der Waals surface area contributed by atoms with Crippen LogP contribution in [-0.2, 0) is 14.4 Å². The summed E-state index contributed by atoms with van der Waals surface area (Å²) in [4.78, 5) is 34.4. The van der Waals surface area contributed by atoms with E-state index in [0.717, 1.165) is 10.0 Å². The lowest BCUT2D eigenvalue weighted by Gasteiger charge is -2.08. The molecule has 1 aromatic carbocycles. The molecule has 0 aromatic heterocycles. The van der Waals surface area contributed by atoms with Gasteiger partial charge in [-0.2, -0.15) is 0 Å². The topological polar surface area (TPSA) is 87.3 Å². The number of hydrogen-bond acceptors (Lipinski definition) is 3. The van der Waals surface area contributed by atoms with Gasteiger partial charge < -0.3 is 5.32 Å². The van der Waals surface area contributed by atoms with E-state index in [1.165, 1.54) is 0 Å². The molecule has 0 aliphatic carbocycles. The number of benzene rings is 1. The fraction of sp³-hybridized carbons (Fsp3) is 0.250. The maximum Gasteiger partial charge on any atom is 0.251 e. The van der Waals surface area contributed by atoms with Gasteiger partial charge in [0.25, 0.3) is 11.8 Å². The predicted octanol–water partition coefficient (Wildman–Crippen LogP) is 0.863. The molecule has 1 saturated heterocycles. The molecule has 19 heavy (non-hydrogen) atoms. The Balaban J connectivity index is 1.99. The minimum absolute atomic E-state index is 0.174. The summed E-state index contributed by atoms with van der Waals surface area (Å²) in [5.41, 5.74) is 5.97. The standard InChI is InChI=1S/C12H12BrN3O3/c1-6-4-7(2-3-9(6)13)14-10(17)5-8-11(18)15-16-12(8)19/h2-4,8H,5H2,1H3,(H,14,17)(H,15,18)(H,16,19). The molecule has 1 aliphatic rings. The first-order valence-corrected chi connectivity index (χ1v) is 6.42. The summed E-state index contributed by atoms with van der Waals surface area (Å²) in [6.45, 7) is 1.90. The minimum Gasteiger partial charge on any atom is -0.326 e. The maximum atomic E-state index is 11.8. The van der Waals surface area contributed by atoms with Crippen LogP contribution in [0.15, 0.2) is 22.7 Å². The number of rotatable bonds is 3. The van der Waals surface area contributed by atoms with Crippen molar-refractivity contribution in [1.82, 2.24) is 10.9 Å². The molecule has 100 valence electrons. The molecular formula is C12H12BrN3O3. The third-order valence-electron chi connectivity index (χ3n) is 2.77. The Kier molecular flexibility index (Phi) is 3.84. The normalized spacial score (nSPS) is 15.1. The van der Waals surface area contributed by atoms with E-state index in [1.54, 1.807) is 12.1 Å². The Morgan fingerprint density at radius 3 is 2.53 bits per heavy atom. The second-order valence-electron chi connectivity index (χ2n) is 4.25. The summed E-state index contributed by atoms with van der Waals surface area (Å²) >= 11 is 3.36. The van der Waals surface area contributed by atoms with E-state index < -0.39 is 17.7 Å². The molecule has 3 N–H and O–H groups in total. The summed E-state index contributed by atoms with van der Waals surface area (Å²) in [6.07, 6.45) is -0.174. The van der Waals surface area contributed by atoms with Crippen molar-refractivity contribution in [2.24, 2.45) is 5.92 Å². The first-order valence-electron chi connectivity index (χ1n) is 5.63. The third kappa shape index (κ3) is 3.11. The molecule has 0 bridgehead atoms. The van der Waals surface area contributed by atoms with Crippen molar-refractivity contribution in [1.29, 1.82) is 0 Å². The van der Waals surface area contributed by atoms with Crippen molar-refractivity contribution in [3.05, 3.63) is 28.2 Å². The second kappa shape index (κ2) is 5.40. The van der Waals surface area contributed by atoms with Crippen LogP contribution in [-0.4, -0.2) is 17.7 Å². The Labute approximate surface area is 118 Å². The first kappa shape index (κ1) is 13.5. The van der Waals surface area contributed by atoms with E-state index in [-0.39, 0.29) is 12.3 Å². The highest BCUT2D eigenvalue weighted by Gasteiger charge is 2.34. The highest BCUT2D eigenvalue weighted by atomic mass is 79.9. The van der Waals surface area contributed by atoms with Gasteiger partial charge in [0.15, 0.2) is 0 Å². The van der Waals surface area contributed by atoms with E-state index in [9.17, 15) is 14.4 Å². The smallest absolute Gasteiger partial charge is 0.251 e. The van der Waals surface area contributed by atoms with Crippen molar-refractivity contribution >= 4 is 39.3 Å². The summed E-state index contributed by atoms with van der Waals surface area (Å²) in [5, 5.41) is 2.66. The summed E-state index contributed by atoms with van der Waals surface area (Å²) in [7, 11) is 0. The van der Waals surface area contributed by atoms with Gasteiger partial charge in [-0.05, 0) is 30.7 Å². The van der Waals surface area contributed by atoms with Gasteiger partial charge in [-0.25, -0.2) is 0 Å². The average Bonchev–Trinajstić information content (AvgIpc) is 2.66. The van der Waals surface area contributed by atoms with Gasteiger partial charge in [-0.3, -0.25) is 25.2 Å². The summed E-state index contributed by atoms with van der Waals surface area (Å²) in [5.74, 6) is -2.30. The van der Waals surface area contributed by atoms with E-state index in [4.69, 9.17) is 0 Å². The SMILES string of the molecule is Cc1cc(NC(=O)CC2C(=O)NNC2=O)ccc1Br. The monoisotopic (exact) mass is 325 g/mol. The number of carbonyl (C=O) groups is 3. The molecule has 6 nitrogen and oxygen atoms in total. The summed E-state index contributed by atoms with van der Waals surface area (Å²) in [6, 6.07) is 5.36. The number of aryl methyl sites for hydroxylation is 1. The number of amides is 3.